The van der Waals surface area contributed by atoms with Crippen molar-refractivity contribution in [2.75, 3.05) is 18.0 Å². The van der Waals surface area contributed by atoms with Crippen molar-refractivity contribution in [3.05, 3.63) is 16.6 Å². The second-order valence-corrected chi connectivity index (χ2v) is 5.47. The number of hydrogen-bond acceptors (Lipinski definition) is 4. The monoisotopic (exact) mass is 331 g/mol. The van der Waals surface area contributed by atoms with E-state index in [0.717, 1.165) is 0 Å². The summed E-state index contributed by atoms with van der Waals surface area (Å²) < 4.78 is 28.6. The van der Waals surface area contributed by atoms with Crippen LogP contribution in [0.1, 0.15) is 18.7 Å². The van der Waals surface area contributed by atoms with Crippen LogP contribution in [0.25, 0.3) is 5.65 Å². The van der Waals surface area contributed by atoms with Gasteiger partial charge in [0.2, 0.25) is 0 Å². The Hall–Kier alpha value is -1.31. The number of anilines is 1. The minimum atomic E-state index is -2.57. The fourth-order valence-corrected chi connectivity index (χ4v) is 2.57. The highest BCUT2D eigenvalue weighted by molar-refractivity contribution is 9.10. The van der Waals surface area contributed by atoms with E-state index in [0.29, 0.717) is 21.9 Å². The third-order valence-electron chi connectivity index (χ3n) is 3.17. The summed E-state index contributed by atoms with van der Waals surface area (Å²) in [5.74, 6) is -1.34. The van der Waals surface area contributed by atoms with Crippen LogP contribution >= 0.6 is 15.9 Å². The van der Waals surface area contributed by atoms with Gasteiger partial charge < -0.3 is 4.90 Å². The highest BCUT2D eigenvalue weighted by Gasteiger charge is 2.35. The number of fused-ring (bicyclic) bond motifs is 1. The van der Waals surface area contributed by atoms with E-state index in [9.17, 15) is 8.78 Å². The van der Waals surface area contributed by atoms with Gasteiger partial charge in [-0.15, -0.1) is 0 Å². The fraction of sp³-hybridized carbons (Fsp3) is 0.545. The lowest BCUT2D eigenvalue weighted by Gasteiger charge is -2.32. The summed E-state index contributed by atoms with van der Waals surface area (Å²) in [6.45, 7) is 2.34. The summed E-state index contributed by atoms with van der Waals surface area (Å²) in [4.78, 5) is 10.5. The molecule has 0 atom stereocenters. The quantitative estimate of drug-likeness (QED) is 0.805. The van der Waals surface area contributed by atoms with Crippen molar-refractivity contribution in [2.24, 2.45) is 0 Å². The minimum Gasteiger partial charge on any atom is -0.353 e. The van der Waals surface area contributed by atoms with Gasteiger partial charge >= 0.3 is 0 Å². The Morgan fingerprint density at radius 2 is 1.95 bits per heavy atom. The van der Waals surface area contributed by atoms with E-state index in [1.807, 2.05) is 4.90 Å². The van der Waals surface area contributed by atoms with Crippen molar-refractivity contribution in [1.82, 2.24) is 19.6 Å². The van der Waals surface area contributed by atoms with Crippen LogP contribution in [-0.2, 0) is 0 Å². The number of halogens is 3. The molecule has 1 aliphatic heterocycles. The molecule has 0 radical (unpaired) electrons. The van der Waals surface area contributed by atoms with Crippen molar-refractivity contribution < 1.29 is 8.78 Å². The molecule has 0 saturated carbocycles. The number of nitrogens with zero attached hydrogens (tertiary/aromatic N) is 5. The molecule has 0 spiro atoms. The Morgan fingerprint density at radius 1 is 1.26 bits per heavy atom. The van der Waals surface area contributed by atoms with Gasteiger partial charge in [0.05, 0.1) is 6.20 Å². The van der Waals surface area contributed by atoms with Crippen LogP contribution < -0.4 is 4.90 Å². The SMILES string of the molecule is Cc1nc2c(N3CCC(F)(F)CC3)nc(Br)cn2n1. The first-order valence-corrected chi connectivity index (χ1v) is 6.76. The molecule has 3 rings (SSSR count). The maximum Gasteiger partial charge on any atom is 0.251 e. The average Bonchev–Trinajstić information content (AvgIpc) is 2.68. The van der Waals surface area contributed by atoms with Gasteiger partial charge in [0.25, 0.3) is 5.92 Å². The lowest BCUT2D eigenvalue weighted by Crippen LogP contribution is -2.40. The molecule has 3 heterocycles. The first-order chi connectivity index (χ1) is 8.94. The zero-order valence-corrected chi connectivity index (χ0v) is 11.9. The van der Waals surface area contributed by atoms with E-state index in [2.05, 4.69) is 31.0 Å². The normalized spacial score (nSPS) is 19.1. The van der Waals surface area contributed by atoms with Crippen LogP contribution in [0.5, 0.6) is 0 Å². The largest absolute Gasteiger partial charge is 0.353 e. The lowest BCUT2D eigenvalue weighted by molar-refractivity contribution is -0.0221. The van der Waals surface area contributed by atoms with Crippen LogP contribution in [0.2, 0.25) is 0 Å². The van der Waals surface area contributed by atoms with Crippen LogP contribution in [0, 0.1) is 6.92 Å². The molecule has 19 heavy (non-hydrogen) atoms. The lowest BCUT2D eigenvalue weighted by atomic mass is 10.1. The zero-order chi connectivity index (χ0) is 13.6. The van der Waals surface area contributed by atoms with Gasteiger partial charge in [0.1, 0.15) is 10.4 Å². The number of aryl methyl sites for hydroxylation is 1. The molecule has 102 valence electrons. The van der Waals surface area contributed by atoms with Gasteiger partial charge in [0, 0.05) is 25.9 Å². The third kappa shape index (κ3) is 2.41. The van der Waals surface area contributed by atoms with E-state index < -0.39 is 5.92 Å². The molecular formula is C11H12BrF2N5. The number of hydrogen-bond donors (Lipinski definition) is 0. The molecule has 1 aliphatic rings. The van der Waals surface area contributed by atoms with Crippen molar-refractivity contribution in [3.8, 4) is 0 Å². The summed E-state index contributed by atoms with van der Waals surface area (Å²) in [5.41, 5.74) is 0.603. The van der Waals surface area contributed by atoms with E-state index in [1.54, 1.807) is 17.6 Å². The molecule has 8 heteroatoms. The summed E-state index contributed by atoms with van der Waals surface area (Å²) >= 11 is 3.31. The molecule has 1 fully saturated rings. The Balaban J connectivity index is 2.00. The molecule has 0 bridgehead atoms. The van der Waals surface area contributed by atoms with E-state index in [-0.39, 0.29) is 25.9 Å². The van der Waals surface area contributed by atoms with Crippen molar-refractivity contribution in [1.29, 1.82) is 0 Å². The zero-order valence-electron chi connectivity index (χ0n) is 10.3. The smallest absolute Gasteiger partial charge is 0.251 e. The Kier molecular flexibility index (Phi) is 2.92. The van der Waals surface area contributed by atoms with E-state index >= 15 is 0 Å². The van der Waals surface area contributed by atoms with Crippen LogP contribution in [-0.4, -0.2) is 38.6 Å². The van der Waals surface area contributed by atoms with Gasteiger partial charge in [-0.1, -0.05) is 0 Å². The molecule has 0 unspecified atom stereocenters. The van der Waals surface area contributed by atoms with Crippen LogP contribution in [0.15, 0.2) is 10.8 Å². The first kappa shape index (κ1) is 12.7. The van der Waals surface area contributed by atoms with Crippen molar-refractivity contribution in [3.63, 3.8) is 0 Å². The second-order valence-electron chi connectivity index (χ2n) is 4.66. The molecule has 1 saturated heterocycles. The maximum absolute atomic E-state index is 13.2. The Morgan fingerprint density at radius 3 is 2.63 bits per heavy atom. The van der Waals surface area contributed by atoms with Gasteiger partial charge in [-0.3, -0.25) is 0 Å². The fourth-order valence-electron chi connectivity index (χ4n) is 2.21. The van der Waals surface area contributed by atoms with Gasteiger partial charge in [0.15, 0.2) is 11.5 Å². The molecule has 0 aromatic carbocycles. The van der Waals surface area contributed by atoms with Gasteiger partial charge in [-0.25, -0.2) is 23.3 Å². The maximum atomic E-state index is 13.2. The number of piperidine rings is 1. The summed E-state index contributed by atoms with van der Waals surface area (Å²) in [6.07, 6.45) is 1.40. The first-order valence-electron chi connectivity index (χ1n) is 5.97. The van der Waals surface area contributed by atoms with Crippen molar-refractivity contribution in [2.45, 2.75) is 25.7 Å². The van der Waals surface area contributed by atoms with Crippen molar-refractivity contribution >= 4 is 27.4 Å². The van der Waals surface area contributed by atoms with Crippen LogP contribution in [0.3, 0.4) is 0 Å². The topological polar surface area (TPSA) is 46.3 Å². The van der Waals surface area contributed by atoms with E-state index in [1.165, 1.54) is 0 Å². The molecule has 0 aliphatic carbocycles. The average molecular weight is 332 g/mol. The van der Waals surface area contributed by atoms with Gasteiger partial charge in [-0.05, 0) is 22.9 Å². The minimum absolute atomic E-state index is 0.152. The van der Waals surface area contributed by atoms with E-state index in [4.69, 9.17) is 0 Å². The summed E-state index contributed by atoms with van der Waals surface area (Å²) in [7, 11) is 0. The molecular weight excluding hydrogens is 320 g/mol. The Labute approximate surface area is 116 Å². The third-order valence-corrected chi connectivity index (χ3v) is 3.56. The number of aromatic nitrogens is 4. The second kappa shape index (κ2) is 4.36. The number of alkyl halides is 2. The predicted octanol–water partition coefficient (Wildman–Crippen LogP) is 2.43. The number of rotatable bonds is 1. The molecule has 0 N–H and O–H groups in total. The molecule has 5 nitrogen and oxygen atoms in total. The Bertz CT molecular complexity index is 617. The summed E-state index contributed by atoms with van der Waals surface area (Å²) in [5, 5.41) is 4.22. The molecule has 2 aromatic heterocycles. The van der Waals surface area contributed by atoms with Crippen LogP contribution in [0.4, 0.5) is 14.6 Å². The highest BCUT2D eigenvalue weighted by atomic mass is 79.9. The van der Waals surface area contributed by atoms with Gasteiger partial charge in [-0.2, -0.15) is 5.10 Å². The summed E-state index contributed by atoms with van der Waals surface area (Å²) in [6, 6.07) is 0. The molecule has 0 amide bonds. The highest BCUT2D eigenvalue weighted by Crippen LogP contribution is 2.31. The molecule has 2 aromatic rings. The standard InChI is InChI=1S/C11H12BrF2N5/c1-7-15-10-9(16-8(12)6-19(10)17-7)18-4-2-11(13,14)3-5-18/h6H,2-5H2,1H3. The predicted molar refractivity (Wildman–Crippen MR) is 69.6 cm³/mol.